The van der Waals surface area contributed by atoms with Crippen molar-refractivity contribution in [2.24, 2.45) is 0 Å². The topological polar surface area (TPSA) is 44.8 Å². The molecule has 0 aliphatic carbocycles. The molecule has 1 aromatic rings. The predicted octanol–water partition coefficient (Wildman–Crippen LogP) is 3.59. The Bertz CT molecular complexity index is 524. The van der Waals surface area contributed by atoms with Crippen molar-refractivity contribution in [3.63, 3.8) is 0 Å². The van der Waals surface area contributed by atoms with Gasteiger partial charge in [0.25, 0.3) is 0 Å². The number of carbonyl (C=O) groups excluding carboxylic acids is 1. The SMILES string of the molecule is CC(OCC1CCCCO1)C(=O)Oc1cccc(C(F)(F)F)c1. The van der Waals surface area contributed by atoms with Crippen LogP contribution >= 0.6 is 0 Å². The first-order valence-corrected chi connectivity index (χ1v) is 7.48. The van der Waals surface area contributed by atoms with Gasteiger partial charge in [-0.25, -0.2) is 4.79 Å². The molecule has 0 radical (unpaired) electrons. The lowest BCUT2D eigenvalue weighted by Crippen LogP contribution is -2.31. The van der Waals surface area contributed by atoms with Gasteiger partial charge in [0.2, 0.25) is 0 Å². The molecule has 128 valence electrons. The molecule has 1 aromatic carbocycles. The summed E-state index contributed by atoms with van der Waals surface area (Å²) in [5, 5.41) is 0. The van der Waals surface area contributed by atoms with Gasteiger partial charge in [-0.15, -0.1) is 0 Å². The number of esters is 1. The van der Waals surface area contributed by atoms with E-state index in [1.807, 2.05) is 0 Å². The van der Waals surface area contributed by atoms with Gasteiger partial charge in [-0.1, -0.05) is 6.07 Å². The van der Waals surface area contributed by atoms with Gasteiger partial charge in [-0.05, 0) is 44.4 Å². The first-order valence-electron chi connectivity index (χ1n) is 7.48. The van der Waals surface area contributed by atoms with E-state index in [9.17, 15) is 18.0 Å². The Kier molecular flexibility index (Phi) is 6.01. The highest BCUT2D eigenvalue weighted by Crippen LogP contribution is 2.31. The zero-order valence-corrected chi connectivity index (χ0v) is 12.8. The molecule has 0 spiro atoms. The smallest absolute Gasteiger partial charge is 0.416 e. The molecule has 0 N–H and O–H groups in total. The monoisotopic (exact) mass is 332 g/mol. The molecule has 0 saturated carbocycles. The summed E-state index contributed by atoms with van der Waals surface area (Å²) in [6, 6.07) is 4.18. The average molecular weight is 332 g/mol. The summed E-state index contributed by atoms with van der Waals surface area (Å²) in [6.07, 6.45) is -2.47. The molecule has 1 aliphatic heterocycles. The molecule has 0 amide bonds. The second-order valence-corrected chi connectivity index (χ2v) is 5.41. The Labute approximate surface area is 132 Å². The van der Waals surface area contributed by atoms with E-state index in [1.165, 1.54) is 19.1 Å². The third-order valence-corrected chi connectivity index (χ3v) is 3.52. The second-order valence-electron chi connectivity index (χ2n) is 5.41. The van der Waals surface area contributed by atoms with Crippen LogP contribution in [0.3, 0.4) is 0 Å². The van der Waals surface area contributed by atoms with Crippen molar-refractivity contribution in [2.75, 3.05) is 13.2 Å². The molecule has 0 aromatic heterocycles. The molecule has 1 aliphatic rings. The van der Waals surface area contributed by atoms with Gasteiger partial charge in [0.05, 0.1) is 18.3 Å². The number of benzene rings is 1. The summed E-state index contributed by atoms with van der Waals surface area (Å²) < 4.78 is 53.7. The molecule has 1 saturated heterocycles. The number of halogens is 3. The minimum atomic E-state index is -4.48. The van der Waals surface area contributed by atoms with Gasteiger partial charge >= 0.3 is 12.1 Å². The van der Waals surface area contributed by atoms with Crippen LogP contribution in [0.2, 0.25) is 0 Å². The zero-order chi connectivity index (χ0) is 16.9. The summed E-state index contributed by atoms with van der Waals surface area (Å²) in [6.45, 7) is 2.44. The zero-order valence-electron chi connectivity index (χ0n) is 12.8. The number of rotatable bonds is 5. The lowest BCUT2D eigenvalue weighted by atomic mass is 10.1. The average Bonchev–Trinajstić information content (AvgIpc) is 2.53. The quantitative estimate of drug-likeness (QED) is 0.611. The molecular formula is C16H19F3O4. The molecule has 0 bridgehead atoms. The number of alkyl halides is 3. The van der Waals surface area contributed by atoms with Crippen molar-refractivity contribution >= 4 is 5.97 Å². The van der Waals surface area contributed by atoms with Crippen LogP contribution in [0.15, 0.2) is 24.3 Å². The van der Waals surface area contributed by atoms with Crippen LogP contribution in [0.25, 0.3) is 0 Å². The van der Waals surface area contributed by atoms with Crippen LogP contribution in [0.5, 0.6) is 5.75 Å². The molecule has 1 heterocycles. The molecule has 4 nitrogen and oxygen atoms in total. The van der Waals surface area contributed by atoms with E-state index in [0.29, 0.717) is 6.61 Å². The standard InChI is InChI=1S/C16H19F3O4/c1-11(22-10-14-6-2-3-8-21-14)15(20)23-13-7-4-5-12(9-13)16(17,18)19/h4-5,7,9,11,14H,2-3,6,8,10H2,1H3. The van der Waals surface area contributed by atoms with Gasteiger partial charge in [0.15, 0.2) is 6.10 Å². The Hall–Kier alpha value is -1.60. The summed E-state index contributed by atoms with van der Waals surface area (Å²) in [4.78, 5) is 11.9. The first kappa shape index (κ1) is 17.7. The van der Waals surface area contributed by atoms with Crippen molar-refractivity contribution < 1.29 is 32.2 Å². The third-order valence-electron chi connectivity index (χ3n) is 3.52. The molecule has 2 rings (SSSR count). The fraction of sp³-hybridized carbons (Fsp3) is 0.562. The lowest BCUT2D eigenvalue weighted by Gasteiger charge is -2.23. The molecular weight excluding hydrogens is 313 g/mol. The van der Waals surface area contributed by atoms with Gasteiger partial charge in [-0.3, -0.25) is 0 Å². The number of ether oxygens (including phenoxy) is 3. The number of hydrogen-bond donors (Lipinski definition) is 0. The van der Waals surface area contributed by atoms with E-state index in [0.717, 1.165) is 31.4 Å². The van der Waals surface area contributed by atoms with Crippen LogP contribution in [-0.4, -0.2) is 31.4 Å². The Morgan fingerprint density at radius 3 is 2.83 bits per heavy atom. The highest BCUT2D eigenvalue weighted by atomic mass is 19.4. The summed E-state index contributed by atoms with van der Waals surface area (Å²) in [7, 11) is 0. The molecule has 23 heavy (non-hydrogen) atoms. The van der Waals surface area contributed by atoms with E-state index >= 15 is 0 Å². The highest BCUT2D eigenvalue weighted by Gasteiger charge is 2.31. The summed E-state index contributed by atoms with van der Waals surface area (Å²) >= 11 is 0. The van der Waals surface area contributed by atoms with Gasteiger partial charge in [0, 0.05) is 6.61 Å². The third kappa shape index (κ3) is 5.51. The molecule has 2 unspecified atom stereocenters. The number of hydrogen-bond acceptors (Lipinski definition) is 4. The van der Waals surface area contributed by atoms with Crippen LogP contribution in [0.1, 0.15) is 31.7 Å². The largest absolute Gasteiger partial charge is 0.425 e. The van der Waals surface area contributed by atoms with E-state index in [-0.39, 0.29) is 18.5 Å². The number of carbonyl (C=O) groups is 1. The minimum Gasteiger partial charge on any atom is -0.425 e. The fourth-order valence-electron chi connectivity index (χ4n) is 2.19. The Morgan fingerprint density at radius 2 is 2.17 bits per heavy atom. The van der Waals surface area contributed by atoms with E-state index in [4.69, 9.17) is 14.2 Å². The van der Waals surface area contributed by atoms with Crippen molar-refractivity contribution in [3.8, 4) is 5.75 Å². The van der Waals surface area contributed by atoms with E-state index in [1.54, 1.807) is 0 Å². The minimum absolute atomic E-state index is 0.0486. The van der Waals surface area contributed by atoms with Gasteiger partial charge in [-0.2, -0.15) is 13.2 Å². The molecule has 1 fully saturated rings. The normalized spacial score (nSPS) is 20.1. The van der Waals surface area contributed by atoms with Crippen LogP contribution in [-0.2, 0) is 20.4 Å². The second kappa shape index (κ2) is 7.79. The summed E-state index contributed by atoms with van der Waals surface area (Å²) in [5.41, 5.74) is -0.869. The molecule has 7 heteroatoms. The molecule has 2 atom stereocenters. The maximum absolute atomic E-state index is 12.6. The van der Waals surface area contributed by atoms with Gasteiger partial charge in [0.1, 0.15) is 5.75 Å². The maximum Gasteiger partial charge on any atom is 0.416 e. The van der Waals surface area contributed by atoms with Crippen LogP contribution in [0, 0.1) is 0 Å². The van der Waals surface area contributed by atoms with Crippen LogP contribution in [0.4, 0.5) is 13.2 Å². The van der Waals surface area contributed by atoms with E-state index < -0.39 is 23.8 Å². The van der Waals surface area contributed by atoms with Crippen molar-refractivity contribution in [3.05, 3.63) is 29.8 Å². The predicted molar refractivity (Wildman–Crippen MR) is 76.1 cm³/mol. The van der Waals surface area contributed by atoms with Crippen molar-refractivity contribution in [1.82, 2.24) is 0 Å². The Balaban J connectivity index is 1.85. The van der Waals surface area contributed by atoms with Gasteiger partial charge < -0.3 is 14.2 Å². The van der Waals surface area contributed by atoms with Crippen molar-refractivity contribution in [2.45, 2.75) is 44.6 Å². The highest BCUT2D eigenvalue weighted by molar-refractivity contribution is 5.76. The fourth-order valence-corrected chi connectivity index (χ4v) is 2.19. The maximum atomic E-state index is 12.6. The first-order chi connectivity index (χ1) is 10.9. The van der Waals surface area contributed by atoms with Crippen LogP contribution < -0.4 is 4.74 Å². The lowest BCUT2D eigenvalue weighted by molar-refractivity contribution is -0.150. The summed E-state index contributed by atoms with van der Waals surface area (Å²) in [5.74, 6) is -0.894. The van der Waals surface area contributed by atoms with Crippen molar-refractivity contribution in [1.29, 1.82) is 0 Å². The van der Waals surface area contributed by atoms with E-state index in [2.05, 4.69) is 0 Å². The Morgan fingerprint density at radius 1 is 1.39 bits per heavy atom.